The zero-order valence-corrected chi connectivity index (χ0v) is 15.6. The third-order valence-electron chi connectivity index (χ3n) is 3.02. The zero-order valence-electron chi connectivity index (χ0n) is 12.9. The number of benzene rings is 1. The Kier molecular flexibility index (Phi) is 6.31. The quantitative estimate of drug-likeness (QED) is 0.658. The van der Waals surface area contributed by atoms with Crippen LogP contribution >= 0.6 is 11.6 Å². The molecule has 1 atom stereocenters. The molecule has 0 saturated heterocycles. The predicted molar refractivity (Wildman–Crippen MR) is 88.5 cm³/mol. The molecular weight excluding hydrogens is 288 g/mol. The second kappa shape index (κ2) is 7.07. The van der Waals surface area contributed by atoms with Crippen molar-refractivity contribution >= 4 is 28.5 Å². The van der Waals surface area contributed by atoms with Crippen molar-refractivity contribution in [3.05, 3.63) is 34.9 Å². The van der Waals surface area contributed by atoms with Crippen molar-refractivity contribution in [2.75, 3.05) is 0 Å². The van der Waals surface area contributed by atoms with Crippen LogP contribution in [0.4, 0.5) is 0 Å². The minimum absolute atomic E-state index is 0.140. The largest absolute Gasteiger partial charge is 0.413 e. The molecule has 0 saturated carbocycles. The van der Waals surface area contributed by atoms with Gasteiger partial charge in [-0.2, -0.15) is 0 Å². The standard InChI is InChI=1S/C15H25ClOSi2/c1-7-14(12-10-8-9-11-13(12)16)17-19(18(5)6)15(2,3)4/h8-11,14H,7H2,1-6H3. The molecule has 0 bridgehead atoms. The van der Waals surface area contributed by atoms with E-state index in [4.69, 9.17) is 16.0 Å². The van der Waals surface area contributed by atoms with Gasteiger partial charge in [-0.05, 0) is 23.1 Å². The first-order chi connectivity index (χ1) is 8.77. The highest BCUT2D eigenvalue weighted by Crippen LogP contribution is 2.35. The van der Waals surface area contributed by atoms with Crippen LogP contribution < -0.4 is 0 Å². The fourth-order valence-corrected chi connectivity index (χ4v) is 10.8. The van der Waals surface area contributed by atoms with Gasteiger partial charge in [0.1, 0.15) is 0 Å². The SMILES string of the molecule is CCC(O[Si]([Si](C)C)C(C)(C)C)c1ccccc1Cl. The molecule has 19 heavy (non-hydrogen) atoms. The van der Waals surface area contributed by atoms with E-state index in [1.54, 1.807) is 0 Å². The van der Waals surface area contributed by atoms with Gasteiger partial charge in [0.2, 0.25) is 0 Å². The molecule has 0 heterocycles. The van der Waals surface area contributed by atoms with Crippen LogP contribution in [0.25, 0.3) is 0 Å². The smallest absolute Gasteiger partial charge is 0.200 e. The van der Waals surface area contributed by atoms with Crippen molar-refractivity contribution in [2.45, 2.75) is 58.4 Å². The molecule has 0 fully saturated rings. The lowest BCUT2D eigenvalue weighted by Crippen LogP contribution is -2.42. The van der Waals surface area contributed by atoms with Gasteiger partial charge in [-0.3, -0.25) is 0 Å². The van der Waals surface area contributed by atoms with Crippen LogP contribution in [-0.4, -0.2) is 16.9 Å². The van der Waals surface area contributed by atoms with Gasteiger partial charge in [0.25, 0.3) is 0 Å². The van der Waals surface area contributed by atoms with Crippen LogP contribution in [0.5, 0.6) is 0 Å². The van der Waals surface area contributed by atoms with Crippen LogP contribution in [0.15, 0.2) is 24.3 Å². The summed E-state index contributed by atoms with van der Waals surface area (Å²) in [6.45, 7) is 13.8. The maximum Gasteiger partial charge on any atom is 0.200 e. The first-order valence-corrected chi connectivity index (χ1v) is 12.1. The summed E-state index contributed by atoms with van der Waals surface area (Å²) < 4.78 is 6.56. The first-order valence-electron chi connectivity index (χ1n) is 6.86. The number of hydrogen-bond donors (Lipinski definition) is 0. The molecule has 106 valence electrons. The Morgan fingerprint density at radius 1 is 1.21 bits per heavy atom. The molecule has 0 aliphatic heterocycles. The summed E-state index contributed by atoms with van der Waals surface area (Å²) in [6, 6.07) is 8.07. The molecule has 1 aromatic rings. The van der Waals surface area contributed by atoms with Gasteiger partial charge >= 0.3 is 0 Å². The minimum Gasteiger partial charge on any atom is -0.413 e. The molecule has 2 radical (unpaired) electrons. The van der Waals surface area contributed by atoms with Crippen LogP contribution in [0.2, 0.25) is 23.2 Å². The maximum absolute atomic E-state index is 6.56. The van der Waals surface area contributed by atoms with E-state index in [9.17, 15) is 0 Å². The normalized spacial score (nSPS) is 14.2. The summed E-state index contributed by atoms with van der Waals surface area (Å²) in [5.41, 5.74) is 1.14. The Morgan fingerprint density at radius 3 is 2.21 bits per heavy atom. The molecule has 0 amide bonds. The fourth-order valence-electron chi connectivity index (χ4n) is 2.29. The predicted octanol–water partition coefficient (Wildman–Crippen LogP) is 5.43. The molecule has 1 aromatic carbocycles. The highest BCUT2D eigenvalue weighted by Gasteiger charge is 2.35. The van der Waals surface area contributed by atoms with E-state index in [1.807, 2.05) is 18.2 Å². The molecular formula is C15H25ClOSi2. The summed E-state index contributed by atoms with van der Waals surface area (Å²) in [6.07, 6.45) is 1.12. The van der Waals surface area contributed by atoms with Gasteiger partial charge in [-0.1, -0.05) is 70.6 Å². The molecule has 0 spiro atoms. The molecule has 0 N–H and O–H groups in total. The van der Waals surface area contributed by atoms with Crippen molar-refractivity contribution in [3.8, 4) is 0 Å². The summed E-state index contributed by atoms with van der Waals surface area (Å²) in [4.78, 5) is 0. The van der Waals surface area contributed by atoms with Crippen molar-refractivity contribution < 1.29 is 4.43 Å². The lowest BCUT2D eigenvalue weighted by Gasteiger charge is -2.34. The van der Waals surface area contributed by atoms with E-state index in [2.05, 4.69) is 46.9 Å². The van der Waals surface area contributed by atoms with E-state index >= 15 is 0 Å². The van der Waals surface area contributed by atoms with Gasteiger partial charge < -0.3 is 4.43 Å². The summed E-state index contributed by atoms with van der Waals surface area (Å²) in [5, 5.41) is 1.10. The van der Waals surface area contributed by atoms with E-state index < -0.39 is 16.9 Å². The fraction of sp³-hybridized carbons (Fsp3) is 0.600. The number of hydrogen-bond acceptors (Lipinski definition) is 1. The molecule has 1 rings (SSSR count). The van der Waals surface area contributed by atoms with Gasteiger partial charge in [-0.15, -0.1) is 0 Å². The maximum atomic E-state index is 6.56. The lowest BCUT2D eigenvalue weighted by atomic mass is 10.1. The summed E-state index contributed by atoms with van der Waals surface area (Å²) in [5.74, 6) is 0. The zero-order chi connectivity index (χ0) is 14.6. The molecule has 1 nitrogen and oxygen atoms in total. The second-order valence-electron chi connectivity index (χ2n) is 6.12. The van der Waals surface area contributed by atoms with Crippen molar-refractivity contribution in [1.82, 2.24) is 0 Å². The highest BCUT2D eigenvalue weighted by molar-refractivity contribution is 7.19. The molecule has 0 aliphatic carbocycles. The van der Waals surface area contributed by atoms with E-state index in [1.165, 1.54) is 0 Å². The first kappa shape index (κ1) is 17.0. The van der Waals surface area contributed by atoms with Crippen molar-refractivity contribution in [1.29, 1.82) is 0 Å². The Hall–Kier alpha value is -0.0962. The van der Waals surface area contributed by atoms with E-state index in [0.29, 0.717) is 0 Å². The Bertz CT molecular complexity index is 401. The van der Waals surface area contributed by atoms with Gasteiger partial charge in [0.15, 0.2) is 8.56 Å². The number of rotatable bonds is 5. The monoisotopic (exact) mass is 312 g/mol. The van der Waals surface area contributed by atoms with Crippen LogP contribution in [0.3, 0.4) is 0 Å². The van der Waals surface area contributed by atoms with Crippen molar-refractivity contribution in [3.63, 3.8) is 0 Å². The average molecular weight is 313 g/mol. The second-order valence-corrected chi connectivity index (χ2v) is 15.3. The van der Waals surface area contributed by atoms with Crippen LogP contribution in [-0.2, 0) is 4.43 Å². The molecule has 1 unspecified atom stereocenters. The Morgan fingerprint density at radius 2 is 1.79 bits per heavy atom. The third-order valence-corrected chi connectivity index (χ3v) is 11.5. The van der Waals surface area contributed by atoms with Gasteiger partial charge in [-0.25, -0.2) is 0 Å². The topological polar surface area (TPSA) is 9.23 Å². The Balaban J connectivity index is 2.96. The minimum atomic E-state index is -0.808. The third kappa shape index (κ3) is 4.74. The summed E-state index contributed by atoms with van der Waals surface area (Å²) >= 11 is 6.31. The van der Waals surface area contributed by atoms with Crippen LogP contribution in [0, 0.1) is 0 Å². The van der Waals surface area contributed by atoms with Gasteiger partial charge in [0.05, 0.1) is 14.4 Å². The average Bonchev–Trinajstić information content (AvgIpc) is 2.29. The number of halogens is 1. The van der Waals surface area contributed by atoms with Crippen LogP contribution in [0.1, 0.15) is 45.8 Å². The molecule has 0 aliphatic rings. The van der Waals surface area contributed by atoms with E-state index in [0.717, 1.165) is 17.0 Å². The lowest BCUT2D eigenvalue weighted by molar-refractivity contribution is 0.198. The summed E-state index contributed by atoms with van der Waals surface area (Å²) in [7, 11) is -1.23. The Labute approximate surface area is 126 Å². The highest BCUT2D eigenvalue weighted by atomic mass is 35.5. The molecule has 4 heteroatoms. The van der Waals surface area contributed by atoms with Crippen molar-refractivity contribution in [2.24, 2.45) is 0 Å². The molecule has 0 aromatic heterocycles. The van der Waals surface area contributed by atoms with E-state index in [-0.39, 0.29) is 11.1 Å². The van der Waals surface area contributed by atoms with Gasteiger partial charge in [0, 0.05) is 5.02 Å².